The molecule has 1 aromatic heterocycles. The van der Waals surface area contributed by atoms with E-state index in [1.165, 1.54) is 0 Å². The van der Waals surface area contributed by atoms with Crippen molar-refractivity contribution in [3.05, 3.63) is 33.5 Å². The summed E-state index contributed by atoms with van der Waals surface area (Å²) in [5, 5.41) is 12.0. The van der Waals surface area contributed by atoms with Gasteiger partial charge in [-0.05, 0) is 24.5 Å². The molecule has 1 aliphatic rings. The van der Waals surface area contributed by atoms with Crippen LogP contribution in [-0.2, 0) is 6.05 Å². The van der Waals surface area contributed by atoms with Gasteiger partial charge in [-0.3, -0.25) is 4.98 Å². The van der Waals surface area contributed by atoms with E-state index < -0.39 is 47.4 Å². The van der Waals surface area contributed by atoms with Gasteiger partial charge in [0.15, 0.2) is 12.3 Å². The Morgan fingerprint density at radius 1 is 1.41 bits per heavy atom. The third kappa shape index (κ3) is 2.55. The zero-order valence-corrected chi connectivity index (χ0v) is 11.5. The Bertz CT molecular complexity index is 634. The topological polar surface area (TPSA) is 91.1 Å². The van der Waals surface area contributed by atoms with E-state index in [2.05, 4.69) is 10.1 Å². The molecule has 22 heavy (non-hydrogen) atoms. The maximum absolute atomic E-state index is 14.0. The summed E-state index contributed by atoms with van der Waals surface area (Å²) >= 11 is 0. The molecule has 120 valence electrons. The third-order valence-corrected chi connectivity index (χ3v) is 3.09. The lowest BCUT2D eigenvalue weighted by Gasteiger charge is -2.19. The molecule has 1 N–H and O–H groups in total. The number of hydrogen-bond acceptors (Lipinski definition) is 4. The van der Waals surface area contributed by atoms with Gasteiger partial charge >= 0.3 is 6.05 Å². The SMILES string of the molecule is CC(C)Oc1cnc(C(F)(F)N=[N+]=[N-])c2c1[C@@H](F)[C@@H](F)[C@H]2O. The van der Waals surface area contributed by atoms with Crippen molar-refractivity contribution in [3.63, 3.8) is 0 Å². The minimum atomic E-state index is -4.15. The molecule has 0 bridgehead atoms. The third-order valence-electron chi connectivity index (χ3n) is 3.09. The number of ether oxygens (including phenoxy) is 1. The van der Waals surface area contributed by atoms with Crippen LogP contribution in [-0.4, -0.2) is 22.4 Å². The molecule has 1 heterocycles. The van der Waals surface area contributed by atoms with E-state index >= 15 is 0 Å². The van der Waals surface area contributed by atoms with Gasteiger partial charge in [0.05, 0.1) is 12.3 Å². The predicted molar refractivity (Wildman–Crippen MR) is 66.7 cm³/mol. The summed E-state index contributed by atoms with van der Waals surface area (Å²) in [7, 11) is 0. The molecule has 0 aliphatic heterocycles. The summed E-state index contributed by atoms with van der Waals surface area (Å²) in [6.45, 7) is 3.20. The molecule has 6 nitrogen and oxygen atoms in total. The van der Waals surface area contributed by atoms with Gasteiger partial charge in [-0.25, -0.2) is 8.78 Å². The van der Waals surface area contributed by atoms with E-state index in [4.69, 9.17) is 10.3 Å². The fraction of sp³-hybridized carbons (Fsp3) is 0.583. The van der Waals surface area contributed by atoms with Gasteiger partial charge < -0.3 is 9.84 Å². The van der Waals surface area contributed by atoms with E-state index in [1.807, 2.05) is 4.91 Å². The molecule has 10 heteroatoms. The van der Waals surface area contributed by atoms with E-state index in [-0.39, 0.29) is 5.75 Å². The van der Waals surface area contributed by atoms with Crippen LogP contribution in [0.3, 0.4) is 0 Å². The fourth-order valence-corrected chi connectivity index (χ4v) is 2.28. The first kappa shape index (κ1) is 16.3. The average Bonchev–Trinajstić information content (AvgIpc) is 2.64. The van der Waals surface area contributed by atoms with Crippen LogP contribution in [0.25, 0.3) is 10.4 Å². The minimum absolute atomic E-state index is 0.239. The van der Waals surface area contributed by atoms with Gasteiger partial charge in [0.2, 0.25) is 0 Å². The van der Waals surface area contributed by atoms with E-state index in [0.717, 1.165) is 6.20 Å². The molecule has 1 aromatic rings. The number of pyridine rings is 1. The smallest absolute Gasteiger partial charge is 0.367 e. The van der Waals surface area contributed by atoms with Gasteiger partial charge in [-0.15, -0.1) is 0 Å². The maximum atomic E-state index is 14.0. The number of nitrogens with zero attached hydrogens (tertiary/aromatic N) is 4. The first-order valence-corrected chi connectivity index (χ1v) is 6.31. The van der Waals surface area contributed by atoms with Crippen LogP contribution in [0.4, 0.5) is 17.6 Å². The zero-order valence-electron chi connectivity index (χ0n) is 11.5. The van der Waals surface area contributed by atoms with Gasteiger partial charge in [0.1, 0.15) is 17.5 Å². The summed E-state index contributed by atoms with van der Waals surface area (Å²) in [6.07, 6.45) is -6.58. The highest BCUT2D eigenvalue weighted by Crippen LogP contribution is 2.51. The van der Waals surface area contributed by atoms with Crippen LogP contribution in [0.2, 0.25) is 0 Å². The molecule has 3 atom stereocenters. The van der Waals surface area contributed by atoms with Crippen LogP contribution >= 0.6 is 0 Å². The van der Waals surface area contributed by atoms with E-state index in [0.29, 0.717) is 0 Å². The van der Waals surface area contributed by atoms with Crippen molar-refractivity contribution in [2.24, 2.45) is 5.11 Å². The van der Waals surface area contributed by atoms with Crippen LogP contribution < -0.4 is 4.74 Å². The molecule has 0 radical (unpaired) electrons. The number of aliphatic hydroxyl groups is 1. The molecule has 0 fully saturated rings. The molecule has 0 saturated heterocycles. The quantitative estimate of drug-likeness (QED) is 0.302. The van der Waals surface area contributed by atoms with Crippen molar-refractivity contribution in [1.29, 1.82) is 0 Å². The molecule has 0 unspecified atom stereocenters. The van der Waals surface area contributed by atoms with Crippen LogP contribution in [0, 0.1) is 0 Å². The zero-order chi connectivity index (χ0) is 16.7. The summed E-state index contributed by atoms with van der Waals surface area (Å²) in [5.74, 6) is -0.239. The lowest BCUT2D eigenvalue weighted by Crippen LogP contribution is -2.18. The van der Waals surface area contributed by atoms with Gasteiger partial charge in [0, 0.05) is 16.0 Å². The summed E-state index contributed by atoms with van der Waals surface area (Å²) in [5.41, 5.74) is 5.71. The van der Waals surface area contributed by atoms with Crippen molar-refractivity contribution in [2.75, 3.05) is 0 Å². The Balaban J connectivity index is 2.69. The second kappa shape index (κ2) is 5.62. The van der Waals surface area contributed by atoms with E-state index in [1.54, 1.807) is 13.8 Å². The monoisotopic (exact) mass is 320 g/mol. The normalized spacial score (nSPS) is 24.1. The van der Waals surface area contributed by atoms with Gasteiger partial charge in [-0.2, -0.15) is 8.78 Å². The van der Waals surface area contributed by atoms with Crippen molar-refractivity contribution in [1.82, 2.24) is 4.98 Å². The number of alkyl halides is 4. The second-order valence-electron chi connectivity index (χ2n) is 4.99. The molecular formula is C12H12F4N4O2. The van der Waals surface area contributed by atoms with Crippen LogP contribution in [0.15, 0.2) is 11.3 Å². The summed E-state index contributed by atoms with van der Waals surface area (Å²) < 4.78 is 60.5. The number of halogens is 4. The predicted octanol–water partition coefficient (Wildman–Crippen LogP) is 3.62. The Morgan fingerprint density at radius 2 is 2.05 bits per heavy atom. The standard InChI is InChI=1S/C12H12F4N4O2/c1-4(2)22-5-3-18-11(12(15,16)19-20-17)7-6(5)8(13)9(14)10(7)21/h3-4,8-10,21H,1-2H3/t8-,9-,10+/m1/s1. The second-order valence-corrected chi connectivity index (χ2v) is 4.99. The average molecular weight is 320 g/mol. The number of rotatable bonds is 4. The molecule has 0 aromatic carbocycles. The molecule has 0 amide bonds. The minimum Gasteiger partial charge on any atom is -0.489 e. The van der Waals surface area contributed by atoms with Crippen molar-refractivity contribution >= 4 is 0 Å². The lowest BCUT2D eigenvalue weighted by molar-refractivity contribution is -0.00726. The molecule has 1 aliphatic carbocycles. The van der Waals surface area contributed by atoms with Crippen LogP contribution in [0.5, 0.6) is 5.75 Å². The van der Waals surface area contributed by atoms with Crippen molar-refractivity contribution in [2.45, 2.75) is 44.4 Å². The summed E-state index contributed by atoms with van der Waals surface area (Å²) in [4.78, 5) is 5.36. The fourth-order valence-electron chi connectivity index (χ4n) is 2.28. The number of aliphatic hydroxyl groups excluding tert-OH is 1. The largest absolute Gasteiger partial charge is 0.489 e. The molecule has 0 spiro atoms. The first-order chi connectivity index (χ1) is 10.2. The maximum Gasteiger partial charge on any atom is 0.367 e. The molecular weight excluding hydrogens is 308 g/mol. The van der Waals surface area contributed by atoms with E-state index in [9.17, 15) is 22.7 Å². The molecule has 2 rings (SSSR count). The highest BCUT2D eigenvalue weighted by atomic mass is 19.3. The van der Waals surface area contributed by atoms with Gasteiger partial charge in [0.25, 0.3) is 0 Å². The number of fused-ring (bicyclic) bond motifs is 1. The Hall–Kier alpha value is -2.06. The number of hydrogen-bond donors (Lipinski definition) is 1. The van der Waals surface area contributed by atoms with Crippen molar-refractivity contribution < 1.29 is 27.4 Å². The first-order valence-electron chi connectivity index (χ1n) is 6.31. The number of aromatic nitrogens is 1. The van der Waals surface area contributed by atoms with Crippen molar-refractivity contribution in [3.8, 4) is 5.75 Å². The Kier molecular flexibility index (Phi) is 4.17. The highest BCUT2D eigenvalue weighted by molar-refractivity contribution is 5.50. The number of azide groups is 1. The van der Waals surface area contributed by atoms with Gasteiger partial charge in [-0.1, -0.05) is 0 Å². The Labute approximate surface area is 122 Å². The highest BCUT2D eigenvalue weighted by Gasteiger charge is 2.49. The Morgan fingerprint density at radius 3 is 2.59 bits per heavy atom. The lowest BCUT2D eigenvalue weighted by atomic mass is 10.1. The van der Waals surface area contributed by atoms with Crippen LogP contribution in [0.1, 0.15) is 42.9 Å². The molecule has 0 saturated carbocycles. The summed E-state index contributed by atoms with van der Waals surface area (Å²) in [6, 6.07) is -4.15.